The number of rotatable bonds is 5. The van der Waals surface area contributed by atoms with Crippen LogP contribution in [0.25, 0.3) is 5.57 Å². The van der Waals surface area contributed by atoms with Gasteiger partial charge in [-0.2, -0.15) is 0 Å². The summed E-state index contributed by atoms with van der Waals surface area (Å²) in [5.74, 6) is 1.21. The second-order valence-electron chi connectivity index (χ2n) is 3.24. The van der Waals surface area contributed by atoms with Gasteiger partial charge >= 0.3 is 0 Å². The molecule has 0 unspecified atom stereocenters. The summed E-state index contributed by atoms with van der Waals surface area (Å²) < 4.78 is 10.1. The van der Waals surface area contributed by atoms with Crippen LogP contribution in [-0.2, 0) is 4.79 Å². The number of hydrogen-bond donors (Lipinski definition) is 0. The lowest BCUT2D eigenvalue weighted by atomic mass is 10.0. The third-order valence-corrected chi connectivity index (χ3v) is 2.44. The molecule has 0 aliphatic heterocycles. The minimum atomic E-state index is 0.432. The Morgan fingerprint density at radius 3 is 2.44 bits per heavy atom. The standard InChI is InChI=1S/C13H16O3.C2H6/c1-4-10(5-2)12-7-6-11(15-3)8-13(12)16-9-14;1-2/h4,6-9H,5H2,1-3H3;1-2H3/b10-4-;. The van der Waals surface area contributed by atoms with Gasteiger partial charge in [-0.25, -0.2) is 0 Å². The van der Waals surface area contributed by atoms with Crippen molar-refractivity contribution in [2.24, 2.45) is 0 Å². The van der Waals surface area contributed by atoms with Gasteiger partial charge < -0.3 is 9.47 Å². The molecule has 0 amide bonds. The van der Waals surface area contributed by atoms with Gasteiger partial charge in [0.05, 0.1) is 7.11 Å². The Morgan fingerprint density at radius 2 is 2.00 bits per heavy atom. The lowest BCUT2D eigenvalue weighted by molar-refractivity contribution is -0.120. The zero-order valence-electron chi connectivity index (χ0n) is 11.8. The van der Waals surface area contributed by atoms with Gasteiger partial charge in [0.25, 0.3) is 6.47 Å². The number of carbonyl (C=O) groups is 1. The molecule has 3 nitrogen and oxygen atoms in total. The normalized spacial score (nSPS) is 10.2. The van der Waals surface area contributed by atoms with E-state index < -0.39 is 0 Å². The first kappa shape index (κ1) is 16.2. The largest absolute Gasteiger partial charge is 0.497 e. The summed E-state index contributed by atoms with van der Waals surface area (Å²) in [7, 11) is 1.58. The van der Waals surface area contributed by atoms with Crippen molar-refractivity contribution >= 4 is 12.0 Å². The van der Waals surface area contributed by atoms with Gasteiger partial charge in [0.15, 0.2) is 0 Å². The van der Waals surface area contributed by atoms with Gasteiger partial charge in [-0.05, 0) is 31.1 Å². The molecule has 0 fully saturated rings. The molecule has 18 heavy (non-hydrogen) atoms. The van der Waals surface area contributed by atoms with Crippen molar-refractivity contribution in [2.75, 3.05) is 7.11 Å². The van der Waals surface area contributed by atoms with Gasteiger partial charge in [0, 0.05) is 11.6 Å². The Morgan fingerprint density at radius 1 is 1.33 bits per heavy atom. The number of ether oxygens (including phenoxy) is 2. The van der Waals surface area contributed by atoms with E-state index in [1.165, 1.54) is 0 Å². The number of hydrogen-bond acceptors (Lipinski definition) is 3. The maximum atomic E-state index is 10.4. The molecule has 0 spiro atoms. The molecule has 3 heteroatoms. The second kappa shape index (κ2) is 9.28. The first-order valence-corrected chi connectivity index (χ1v) is 6.20. The van der Waals surface area contributed by atoms with Crippen LogP contribution in [0.5, 0.6) is 11.5 Å². The third-order valence-electron chi connectivity index (χ3n) is 2.44. The highest BCUT2D eigenvalue weighted by atomic mass is 16.5. The molecule has 0 aliphatic carbocycles. The van der Waals surface area contributed by atoms with Gasteiger partial charge in [0.2, 0.25) is 0 Å². The molecule has 0 N–H and O–H groups in total. The summed E-state index contributed by atoms with van der Waals surface area (Å²) in [4.78, 5) is 10.4. The summed E-state index contributed by atoms with van der Waals surface area (Å²) in [6.45, 7) is 8.46. The molecule has 0 aromatic heterocycles. The number of benzene rings is 1. The molecule has 1 aromatic carbocycles. The van der Waals surface area contributed by atoms with E-state index in [1.54, 1.807) is 13.2 Å². The van der Waals surface area contributed by atoms with Crippen molar-refractivity contribution in [3.05, 3.63) is 29.8 Å². The number of carbonyl (C=O) groups excluding carboxylic acids is 1. The van der Waals surface area contributed by atoms with Crippen molar-refractivity contribution in [3.8, 4) is 11.5 Å². The molecular formula is C15H22O3. The Labute approximate surface area is 109 Å². The summed E-state index contributed by atoms with van der Waals surface area (Å²) in [5, 5.41) is 0. The van der Waals surface area contributed by atoms with Crippen LogP contribution in [0, 0.1) is 0 Å². The maximum absolute atomic E-state index is 10.4. The van der Waals surface area contributed by atoms with E-state index in [-0.39, 0.29) is 0 Å². The summed E-state index contributed by atoms with van der Waals surface area (Å²) in [5.41, 5.74) is 2.07. The topological polar surface area (TPSA) is 35.5 Å². The van der Waals surface area contributed by atoms with E-state index in [2.05, 4.69) is 6.92 Å². The summed E-state index contributed by atoms with van der Waals surface area (Å²) in [6, 6.07) is 5.46. The zero-order chi connectivity index (χ0) is 14.0. The molecule has 0 atom stereocenters. The molecule has 0 bridgehead atoms. The average molecular weight is 250 g/mol. The zero-order valence-corrected chi connectivity index (χ0v) is 11.8. The summed E-state index contributed by atoms with van der Waals surface area (Å²) in [6.07, 6.45) is 2.90. The third kappa shape index (κ3) is 4.24. The van der Waals surface area contributed by atoms with Crippen LogP contribution in [0.1, 0.15) is 39.7 Å². The average Bonchev–Trinajstić information content (AvgIpc) is 2.44. The Balaban J connectivity index is 0.00000137. The van der Waals surface area contributed by atoms with Gasteiger partial charge in [-0.1, -0.05) is 26.8 Å². The van der Waals surface area contributed by atoms with Crippen LogP contribution in [0.2, 0.25) is 0 Å². The highest BCUT2D eigenvalue weighted by Crippen LogP contribution is 2.31. The van der Waals surface area contributed by atoms with Crippen LogP contribution < -0.4 is 9.47 Å². The Hall–Kier alpha value is -1.77. The molecule has 1 rings (SSSR count). The molecule has 0 heterocycles. The van der Waals surface area contributed by atoms with Gasteiger partial charge in [-0.3, -0.25) is 4.79 Å². The van der Waals surface area contributed by atoms with Crippen LogP contribution >= 0.6 is 0 Å². The monoisotopic (exact) mass is 250 g/mol. The smallest absolute Gasteiger partial charge is 0.298 e. The molecule has 0 saturated heterocycles. The van der Waals surface area contributed by atoms with Crippen molar-refractivity contribution < 1.29 is 14.3 Å². The Kier molecular flexibility index (Phi) is 8.37. The Bertz CT molecular complexity index is 395. The van der Waals surface area contributed by atoms with Crippen molar-refractivity contribution in [2.45, 2.75) is 34.1 Å². The molecule has 100 valence electrons. The number of methoxy groups -OCH3 is 1. The fraction of sp³-hybridized carbons (Fsp3) is 0.400. The van der Waals surface area contributed by atoms with Crippen molar-refractivity contribution in [1.29, 1.82) is 0 Å². The summed E-state index contributed by atoms with van der Waals surface area (Å²) >= 11 is 0. The highest BCUT2D eigenvalue weighted by Gasteiger charge is 2.08. The van der Waals surface area contributed by atoms with Crippen LogP contribution in [0.4, 0.5) is 0 Å². The first-order valence-electron chi connectivity index (χ1n) is 6.20. The van der Waals surface area contributed by atoms with Gasteiger partial charge in [0.1, 0.15) is 11.5 Å². The fourth-order valence-corrected chi connectivity index (χ4v) is 1.59. The van der Waals surface area contributed by atoms with Crippen LogP contribution in [0.3, 0.4) is 0 Å². The highest BCUT2D eigenvalue weighted by molar-refractivity contribution is 5.72. The van der Waals surface area contributed by atoms with E-state index in [4.69, 9.17) is 9.47 Å². The van der Waals surface area contributed by atoms with E-state index in [9.17, 15) is 4.79 Å². The van der Waals surface area contributed by atoms with E-state index in [1.807, 2.05) is 39.0 Å². The van der Waals surface area contributed by atoms with Gasteiger partial charge in [-0.15, -0.1) is 0 Å². The molecule has 0 radical (unpaired) electrons. The lowest BCUT2D eigenvalue weighted by Gasteiger charge is -2.11. The second-order valence-corrected chi connectivity index (χ2v) is 3.24. The lowest BCUT2D eigenvalue weighted by Crippen LogP contribution is -1.95. The van der Waals surface area contributed by atoms with Crippen LogP contribution in [0.15, 0.2) is 24.3 Å². The minimum Gasteiger partial charge on any atom is -0.497 e. The predicted molar refractivity (Wildman–Crippen MR) is 75.0 cm³/mol. The van der Waals surface area contributed by atoms with Crippen molar-refractivity contribution in [3.63, 3.8) is 0 Å². The SMILES string of the molecule is C/C=C(/CC)c1ccc(OC)cc1OC=O.CC. The molecular weight excluding hydrogens is 228 g/mol. The molecule has 0 saturated carbocycles. The minimum absolute atomic E-state index is 0.432. The predicted octanol–water partition coefficient (Wildman–Crippen LogP) is 4.07. The maximum Gasteiger partial charge on any atom is 0.298 e. The van der Waals surface area contributed by atoms with Crippen molar-refractivity contribution in [1.82, 2.24) is 0 Å². The molecule has 0 aliphatic rings. The molecule has 1 aromatic rings. The fourth-order valence-electron chi connectivity index (χ4n) is 1.59. The van der Waals surface area contributed by atoms with E-state index >= 15 is 0 Å². The van der Waals surface area contributed by atoms with E-state index in [0.29, 0.717) is 18.0 Å². The first-order chi connectivity index (χ1) is 8.76. The number of allylic oxidation sites excluding steroid dienone is 2. The van der Waals surface area contributed by atoms with Crippen LogP contribution in [-0.4, -0.2) is 13.6 Å². The van der Waals surface area contributed by atoms with E-state index in [0.717, 1.165) is 17.6 Å². The quantitative estimate of drug-likeness (QED) is 0.739.